The van der Waals surface area contributed by atoms with Crippen molar-refractivity contribution in [2.24, 2.45) is 0 Å². The van der Waals surface area contributed by atoms with Gasteiger partial charge in [-0.05, 0) is 55.8 Å². The lowest BCUT2D eigenvalue weighted by atomic mass is 10.0. The van der Waals surface area contributed by atoms with Crippen LogP contribution >= 0.6 is 0 Å². The number of aliphatic hydroxyl groups excluding tert-OH is 1. The second-order valence-corrected chi connectivity index (χ2v) is 10.6. The van der Waals surface area contributed by atoms with E-state index in [1.54, 1.807) is 53.4 Å². The maximum absolute atomic E-state index is 14.3. The van der Waals surface area contributed by atoms with Gasteiger partial charge < -0.3 is 19.8 Å². The quantitative estimate of drug-likeness (QED) is 0.274. The van der Waals surface area contributed by atoms with Gasteiger partial charge in [0.05, 0.1) is 31.6 Å². The fourth-order valence-corrected chi connectivity index (χ4v) is 5.69. The van der Waals surface area contributed by atoms with E-state index in [0.717, 1.165) is 6.20 Å². The first-order valence-corrected chi connectivity index (χ1v) is 13.8. The van der Waals surface area contributed by atoms with Crippen molar-refractivity contribution in [3.8, 4) is 17.0 Å². The van der Waals surface area contributed by atoms with E-state index in [-0.39, 0.29) is 41.7 Å². The maximum atomic E-state index is 14.3. The number of alkyl halides is 3. The predicted octanol–water partition coefficient (Wildman–Crippen LogP) is 4.70. The van der Waals surface area contributed by atoms with Gasteiger partial charge in [0.25, 0.3) is 5.91 Å². The van der Waals surface area contributed by atoms with Crippen LogP contribution in [0.5, 0.6) is 5.75 Å². The molecule has 44 heavy (non-hydrogen) atoms. The summed E-state index contributed by atoms with van der Waals surface area (Å²) >= 11 is 0. The molecular formula is C30H31F3N6O5. The number of hydrogen-bond donors (Lipinski definition) is 3. The highest BCUT2D eigenvalue weighted by molar-refractivity contribution is 6.00. The third kappa shape index (κ3) is 5.90. The van der Waals surface area contributed by atoms with Crippen molar-refractivity contribution >= 4 is 23.3 Å². The molecule has 0 saturated carbocycles. The summed E-state index contributed by atoms with van der Waals surface area (Å²) in [5.74, 6) is 0.0236. The molecule has 5 rings (SSSR count). The van der Waals surface area contributed by atoms with Crippen molar-refractivity contribution in [3.63, 3.8) is 0 Å². The van der Waals surface area contributed by atoms with E-state index in [1.165, 1.54) is 14.0 Å². The Morgan fingerprint density at radius 3 is 2.50 bits per heavy atom. The van der Waals surface area contributed by atoms with Gasteiger partial charge in [-0.15, -0.1) is 0 Å². The molecular weight excluding hydrogens is 581 g/mol. The molecule has 2 aromatic carbocycles. The highest BCUT2D eigenvalue weighted by atomic mass is 19.4. The zero-order valence-electron chi connectivity index (χ0n) is 24.2. The van der Waals surface area contributed by atoms with Crippen molar-refractivity contribution in [1.29, 1.82) is 0 Å². The number of benzene rings is 2. The number of carbonyl (C=O) groups excluding carboxylic acids is 1. The molecule has 2 atom stereocenters. The average Bonchev–Trinajstić information content (AvgIpc) is 3.39. The van der Waals surface area contributed by atoms with Gasteiger partial charge in [-0.1, -0.05) is 12.1 Å². The Kier molecular flexibility index (Phi) is 8.48. The van der Waals surface area contributed by atoms with E-state index >= 15 is 0 Å². The van der Waals surface area contributed by atoms with Crippen LogP contribution in [0.2, 0.25) is 0 Å². The molecule has 1 fully saturated rings. The summed E-state index contributed by atoms with van der Waals surface area (Å²) in [6.07, 6.45) is -4.86. The minimum atomic E-state index is -4.77. The summed E-state index contributed by atoms with van der Waals surface area (Å²) < 4.78 is 48.9. The van der Waals surface area contributed by atoms with Crippen LogP contribution in [-0.2, 0) is 6.18 Å². The molecule has 3 heterocycles. The number of carbonyl (C=O) groups is 2. The van der Waals surface area contributed by atoms with E-state index in [9.17, 15) is 27.9 Å². The second-order valence-electron chi connectivity index (χ2n) is 10.6. The Morgan fingerprint density at radius 2 is 1.89 bits per heavy atom. The summed E-state index contributed by atoms with van der Waals surface area (Å²) in [7, 11) is 1.48. The first-order chi connectivity index (χ1) is 20.9. The fourth-order valence-electron chi connectivity index (χ4n) is 5.69. The molecule has 0 bridgehead atoms. The summed E-state index contributed by atoms with van der Waals surface area (Å²) in [5, 5.41) is 25.5. The Bertz CT molecular complexity index is 1690. The fraction of sp³-hybridized carbons (Fsp3) is 0.333. The standard InChI is InChI=1S/C30H31F3N6O5/c1-17-15-37(24(16-40)20-5-4-6-21(13-20)35-29(42)43)11-12-38(17)28(41)23-14-34-39-26(30(31,32)33)18(2)25(36-27(23)39)19-7-9-22(44-3)10-8-19/h4-10,13-14,17,24,35,40H,11-12,15-16H2,1-3H3,(H,42,43)/t17-,24+/m1/s1. The molecule has 11 nitrogen and oxygen atoms in total. The van der Waals surface area contributed by atoms with Gasteiger partial charge in [-0.25, -0.2) is 14.3 Å². The number of amides is 2. The lowest BCUT2D eigenvalue weighted by Gasteiger charge is -2.43. The third-order valence-electron chi connectivity index (χ3n) is 7.80. The van der Waals surface area contributed by atoms with Crippen LogP contribution in [0.3, 0.4) is 0 Å². The molecule has 0 spiro atoms. The van der Waals surface area contributed by atoms with Crippen molar-refractivity contribution in [2.75, 3.05) is 38.7 Å². The molecule has 14 heteroatoms. The summed E-state index contributed by atoms with van der Waals surface area (Å²) in [4.78, 5) is 33.0. The minimum absolute atomic E-state index is 0.0586. The van der Waals surface area contributed by atoms with E-state index in [1.807, 2.05) is 11.8 Å². The Balaban J connectivity index is 1.45. The molecule has 232 valence electrons. The number of halogens is 3. The highest BCUT2D eigenvalue weighted by Gasteiger charge is 2.39. The number of methoxy groups -OCH3 is 1. The van der Waals surface area contributed by atoms with Gasteiger partial charge in [0.2, 0.25) is 0 Å². The van der Waals surface area contributed by atoms with Crippen LogP contribution < -0.4 is 10.1 Å². The summed E-state index contributed by atoms with van der Waals surface area (Å²) in [6, 6.07) is 12.3. The monoisotopic (exact) mass is 612 g/mol. The molecule has 1 aliphatic heterocycles. The van der Waals surface area contributed by atoms with E-state index < -0.39 is 29.9 Å². The Morgan fingerprint density at radius 1 is 1.16 bits per heavy atom. The Hall–Kier alpha value is -4.69. The van der Waals surface area contributed by atoms with Crippen molar-refractivity contribution in [2.45, 2.75) is 32.1 Å². The van der Waals surface area contributed by atoms with Crippen molar-refractivity contribution in [1.82, 2.24) is 24.4 Å². The van der Waals surface area contributed by atoms with Gasteiger partial charge >= 0.3 is 12.3 Å². The lowest BCUT2D eigenvalue weighted by molar-refractivity contribution is -0.143. The van der Waals surface area contributed by atoms with Gasteiger partial charge in [0.15, 0.2) is 11.3 Å². The topological polar surface area (TPSA) is 133 Å². The number of ether oxygens (including phenoxy) is 1. The Labute approximate surface area is 250 Å². The zero-order chi connectivity index (χ0) is 31.8. The minimum Gasteiger partial charge on any atom is -0.497 e. The van der Waals surface area contributed by atoms with Gasteiger partial charge in [0.1, 0.15) is 11.3 Å². The number of nitrogens with one attached hydrogen (secondary N) is 1. The molecule has 0 unspecified atom stereocenters. The van der Waals surface area contributed by atoms with E-state index in [0.29, 0.717) is 40.2 Å². The number of piperazine rings is 1. The molecule has 0 aliphatic carbocycles. The largest absolute Gasteiger partial charge is 0.497 e. The molecule has 1 saturated heterocycles. The smallest absolute Gasteiger partial charge is 0.433 e. The number of anilines is 1. The van der Waals surface area contributed by atoms with E-state index in [4.69, 9.17) is 9.84 Å². The van der Waals surface area contributed by atoms with Crippen molar-refractivity contribution in [3.05, 3.63) is 77.1 Å². The molecule has 0 radical (unpaired) electrons. The summed E-state index contributed by atoms with van der Waals surface area (Å²) in [6.45, 7) is 3.82. The van der Waals surface area contributed by atoms with Crippen molar-refractivity contribution < 1.29 is 37.7 Å². The second kappa shape index (κ2) is 12.1. The van der Waals surface area contributed by atoms with Crippen LogP contribution in [0, 0.1) is 6.92 Å². The lowest BCUT2D eigenvalue weighted by Crippen LogP contribution is -2.55. The van der Waals surface area contributed by atoms with E-state index in [2.05, 4.69) is 15.4 Å². The number of nitrogens with zero attached hydrogens (tertiary/aromatic N) is 5. The predicted molar refractivity (Wildman–Crippen MR) is 155 cm³/mol. The highest BCUT2D eigenvalue weighted by Crippen LogP contribution is 2.37. The molecule has 3 N–H and O–H groups in total. The maximum Gasteiger partial charge on any atom is 0.433 e. The van der Waals surface area contributed by atoms with Gasteiger partial charge in [0, 0.05) is 42.5 Å². The molecule has 1 aliphatic rings. The molecule has 2 amide bonds. The number of carboxylic acid groups (broad SMARTS) is 1. The number of fused-ring (bicyclic) bond motifs is 1. The number of hydrogen-bond acceptors (Lipinski definition) is 7. The number of aliphatic hydroxyl groups is 1. The normalized spacial score (nSPS) is 16.6. The van der Waals surface area contributed by atoms with Crippen LogP contribution in [0.4, 0.5) is 23.7 Å². The first-order valence-electron chi connectivity index (χ1n) is 13.8. The van der Waals surface area contributed by atoms with Crippen LogP contribution in [0.1, 0.15) is 40.1 Å². The molecule has 4 aromatic rings. The SMILES string of the molecule is COc1ccc(-c2nc3c(C(=O)N4CCN([C@@H](CO)c5cccc(NC(=O)O)c5)C[C@H]4C)cnn3c(C(F)(F)F)c2C)cc1. The van der Waals surface area contributed by atoms with Crippen LogP contribution in [-0.4, -0.2) is 86.0 Å². The third-order valence-corrected chi connectivity index (χ3v) is 7.80. The molecule has 2 aromatic heterocycles. The number of aromatic nitrogens is 3. The zero-order valence-corrected chi connectivity index (χ0v) is 24.2. The van der Waals surface area contributed by atoms with Crippen LogP contribution in [0.15, 0.2) is 54.7 Å². The summed E-state index contributed by atoms with van der Waals surface area (Å²) in [5.41, 5.74) is 0.145. The number of rotatable bonds is 7. The average molecular weight is 613 g/mol. The van der Waals surface area contributed by atoms with Gasteiger partial charge in [-0.3, -0.25) is 15.0 Å². The van der Waals surface area contributed by atoms with Gasteiger partial charge in [-0.2, -0.15) is 18.3 Å². The first kappa shape index (κ1) is 30.8. The van der Waals surface area contributed by atoms with Crippen LogP contribution in [0.25, 0.3) is 16.9 Å².